The predicted molar refractivity (Wildman–Crippen MR) is 71.6 cm³/mol. The lowest BCUT2D eigenvalue weighted by molar-refractivity contribution is 0.100. The zero-order valence-corrected chi connectivity index (χ0v) is 10.2. The van der Waals surface area contributed by atoms with E-state index in [4.69, 9.17) is 5.73 Å². The summed E-state index contributed by atoms with van der Waals surface area (Å²) in [6.45, 7) is 2.12. The molecule has 0 aliphatic carbocycles. The van der Waals surface area contributed by atoms with Gasteiger partial charge in [-0.3, -0.25) is 4.79 Å². The molecule has 96 valence electrons. The molecule has 0 bridgehead atoms. The van der Waals surface area contributed by atoms with Crippen LogP contribution in [0, 0.1) is 5.92 Å². The smallest absolute Gasteiger partial charge is 0.250 e. The van der Waals surface area contributed by atoms with Gasteiger partial charge in [0.15, 0.2) is 0 Å². The Morgan fingerprint density at radius 1 is 1.22 bits per heavy atom. The molecular formula is C13H18N4O. The molecule has 0 saturated carbocycles. The quantitative estimate of drug-likeness (QED) is 0.626. The molecular weight excluding hydrogens is 228 g/mol. The third kappa shape index (κ3) is 1.90. The first-order chi connectivity index (χ1) is 8.75. The van der Waals surface area contributed by atoms with Crippen molar-refractivity contribution in [1.29, 1.82) is 0 Å². The number of hydrogen-bond acceptors (Lipinski definition) is 4. The van der Waals surface area contributed by atoms with E-state index in [9.17, 15) is 4.79 Å². The SMILES string of the molecule is NC(=O)c1cccc2c1NC(C1CCNCC1)N2. The lowest BCUT2D eigenvalue weighted by Gasteiger charge is -2.28. The number of carbonyl (C=O) groups is 1. The molecule has 5 heteroatoms. The predicted octanol–water partition coefficient (Wildman–Crippen LogP) is 0.949. The third-order valence-corrected chi connectivity index (χ3v) is 3.80. The minimum Gasteiger partial charge on any atom is -0.366 e. The van der Waals surface area contributed by atoms with E-state index in [0.717, 1.165) is 37.3 Å². The molecule has 1 saturated heterocycles. The van der Waals surface area contributed by atoms with Crippen molar-refractivity contribution in [3.63, 3.8) is 0 Å². The Hall–Kier alpha value is -1.75. The fraction of sp³-hybridized carbons (Fsp3) is 0.462. The van der Waals surface area contributed by atoms with Gasteiger partial charge in [-0.15, -0.1) is 0 Å². The van der Waals surface area contributed by atoms with Crippen LogP contribution >= 0.6 is 0 Å². The first-order valence-corrected chi connectivity index (χ1v) is 6.42. The van der Waals surface area contributed by atoms with Gasteiger partial charge in [-0.25, -0.2) is 0 Å². The highest BCUT2D eigenvalue weighted by Gasteiger charge is 2.30. The molecule has 1 unspecified atom stereocenters. The van der Waals surface area contributed by atoms with Gasteiger partial charge in [0.25, 0.3) is 5.91 Å². The maximum absolute atomic E-state index is 11.4. The van der Waals surface area contributed by atoms with Crippen LogP contribution in [0.2, 0.25) is 0 Å². The maximum Gasteiger partial charge on any atom is 0.250 e. The van der Waals surface area contributed by atoms with Gasteiger partial charge in [0.2, 0.25) is 0 Å². The average molecular weight is 246 g/mol. The van der Waals surface area contributed by atoms with E-state index in [0.29, 0.717) is 11.5 Å². The Bertz CT molecular complexity index is 468. The summed E-state index contributed by atoms with van der Waals surface area (Å²) in [5.74, 6) is 0.200. The van der Waals surface area contributed by atoms with Gasteiger partial charge in [0.05, 0.1) is 23.1 Å². The van der Waals surface area contributed by atoms with Crippen molar-refractivity contribution >= 4 is 17.3 Å². The van der Waals surface area contributed by atoms with E-state index < -0.39 is 0 Å². The number of rotatable bonds is 2. The normalized spacial score (nSPS) is 23.0. The Labute approximate surface area is 106 Å². The monoisotopic (exact) mass is 246 g/mol. The molecule has 1 aromatic rings. The molecule has 1 fully saturated rings. The minimum atomic E-state index is -0.382. The molecule has 1 aromatic carbocycles. The molecule has 1 amide bonds. The molecule has 3 rings (SSSR count). The molecule has 0 radical (unpaired) electrons. The zero-order chi connectivity index (χ0) is 12.5. The number of nitrogens with one attached hydrogen (secondary N) is 3. The maximum atomic E-state index is 11.4. The first-order valence-electron chi connectivity index (χ1n) is 6.42. The lowest BCUT2D eigenvalue weighted by Crippen LogP contribution is -2.39. The summed E-state index contributed by atoms with van der Waals surface area (Å²) in [5.41, 5.74) is 7.80. The van der Waals surface area contributed by atoms with Crippen molar-refractivity contribution in [2.75, 3.05) is 23.7 Å². The number of fused-ring (bicyclic) bond motifs is 1. The topological polar surface area (TPSA) is 79.2 Å². The summed E-state index contributed by atoms with van der Waals surface area (Å²) in [6, 6.07) is 5.61. The van der Waals surface area contributed by atoms with Crippen LogP contribution < -0.4 is 21.7 Å². The fourth-order valence-corrected chi connectivity index (χ4v) is 2.81. The van der Waals surface area contributed by atoms with Crippen LogP contribution in [0.25, 0.3) is 0 Å². The third-order valence-electron chi connectivity index (χ3n) is 3.80. The molecule has 5 N–H and O–H groups in total. The second-order valence-electron chi connectivity index (χ2n) is 4.95. The number of piperidine rings is 1. The van der Waals surface area contributed by atoms with Gasteiger partial charge in [-0.1, -0.05) is 6.07 Å². The Morgan fingerprint density at radius 2 is 2.00 bits per heavy atom. The number of anilines is 2. The first kappa shape index (κ1) is 11.3. The Morgan fingerprint density at radius 3 is 2.72 bits per heavy atom. The van der Waals surface area contributed by atoms with Crippen molar-refractivity contribution in [2.24, 2.45) is 11.7 Å². The zero-order valence-electron chi connectivity index (χ0n) is 10.2. The van der Waals surface area contributed by atoms with E-state index in [-0.39, 0.29) is 12.1 Å². The van der Waals surface area contributed by atoms with Crippen molar-refractivity contribution in [1.82, 2.24) is 5.32 Å². The van der Waals surface area contributed by atoms with Gasteiger partial charge in [-0.2, -0.15) is 0 Å². The second kappa shape index (κ2) is 4.49. The minimum absolute atomic E-state index is 0.211. The number of carbonyl (C=O) groups excluding carboxylic acids is 1. The summed E-state index contributed by atoms with van der Waals surface area (Å²) < 4.78 is 0. The largest absolute Gasteiger partial charge is 0.366 e. The van der Waals surface area contributed by atoms with Crippen LogP contribution in [0.1, 0.15) is 23.2 Å². The van der Waals surface area contributed by atoms with Gasteiger partial charge >= 0.3 is 0 Å². The van der Waals surface area contributed by atoms with Gasteiger partial charge in [-0.05, 0) is 44.0 Å². The van der Waals surface area contributed by atoms with Crippen LogP contribution in [0.4, 0.5) is 11.4 Å². The highest BCUT2D eigenvalue weighted by molar-refractivity contribution is 6.02. The highest BCUT2D eigenvalue weighted by atomic mass is 16.1. The highest BCUT2D eigenvalue weighted by Crippen LogP contribution is 2.35. The number of amides is 1. The molecule has 2 aliphatic heterocycles. The number of nitrogens with two attached hydrogens (primary N) is 1. The number of hydrogen-bond donors (Lipinski definition) is 4. The number of para-hydroxylation sites is 1. The van der Waals surface area contributed by atoms with Gasteiger partial charge in [0, 0.05) is 0 Å². The summed E-state index contributed by atoms with van der Waals surface area (Å²) in [4.78, 5) is 11.4. The summed E-state index contributed by atoms with van der Waals surface area (Å²) in [5, 5.41) is 10.2. The molecule has 0 aromatic heterocycles. The van der Waals surface area contributed by atoms with Gasteiger partial charge in [0.1, 0.15) is 0 Å². The molecule has 2 aliphatic rings. The Balaban J connectivity index is 1.82. The van der Waals surface area contributed by atoms with Crippen molar-refractivity contribution < 1.29 is 4.79 Å². The van der Waals surface area contributed by atoms with Crippen LogP contribution in [0.15, 0.2) is 18.2 Å². The van der Waals surface area contributed by atoms with E-state index in [1.54, 1.807) is 6.07 Å². The average Bonchev–Trinajstić information content (AvgIpc) is 2.83. The molecule has 1 atom stereocenters. The van der Waals surface area contributed by atoms with Crippen LogP contribution in [-0.4, -0.2) is 25.2 Å². The van der Waals surface area contributed by atoms with Crippen molar-refractivity contribution in [2.45, 2.75) is 19.0 Å². The van der Waals surface area contributed by atoms with E-state index in [1.165, 1.54) is 0 Å². The molecule has 5 nitrogen and oxygen atoms in total. The standard InChI is InChI=1S/C13H18N4O/c14-12(18)9-2-1-3-10-11(9)17-13(16-10)8-4-6-15-7-5-8/h1-3,8,13,15-17H,4-7H2,(H2,14,18). The van der Waals surface area contributed by atoms with Crippen LogP contribution in [0.3, 0.4) is 0 Å². The molecule has 0 spiro atoms. The number of benzene rings is 1. The Kier molecular flexibility index (Phi) is 2.83. The molecule has 18 heavy (non-hydrogen) atoms. The fourth-order valence-electron chi connectivity index (χ4n) is 2.81. The lowest BCUT2D eigenvalue weighted by atomic mass is 9.95. The number of primary amides is 1. The summed E-state index contributed by atoms with van der Waals surface area (Å²) >= 11 is 0. The van der Waals surface area contributed by atoms with Crippen molar-refractivity contribution in [3.8, 4) is 0 Å². The van der Waals surface area contributed by atoms with E-state index in [1.807, 2.05) is 12.1 Å². The van der Waals surface area contributed by atoms with Gasteiger partial charge < -0.3 is 21.7 Å². The van der Waals surface area contributed by atoms with E-state index in [2.05, 4.69) is 16.0 Å². The van der Waals surface area contributed by atoms with Crippen LogP contribution in [0.5, 0.6) is 0 Å². The summed E-state index contributed by atoms with van der Waals surface area (Å²) in [7, 11) is 0. The van der Waals surface area contributed by atoms with E-state index >= 15 is 0 Å². The molecule has 2 heterocycles. The second-order valence-corrected chi connectivity index (χ2v) is 4.95. The van der Waals surface area contributed by atoms with Crippen LogP contribution in [-0.2, 0) is 0 Å². The van der Waals surface area contributed by atoms with Crippen molar-refractivity contribution in [3.05, 3.63) is 23.8 Å². The summed E-state index contributed by atoms with van der Waals surface area (Å²) in [6.07, 6.45) is 2.50.